The second-order valence-electron chi connectivity index (χ2n) is 6.23. The molecule has 0 aliphatic carbocycles. The summed E-state index contributed by atoms with van der Waals surface area (Å²) in [6.45, 7) is 1.76. The Balaban J connectivity index is 1.53. The quantitative estimate of drug-likeness (QED) is 0.465. The summed E-state index contributed by atoms with van der Waals surface area (Å²) in [5.41, 5.74) is 2.94. The molecule has 0 radical (unpaired) electrons. The van der Waals surface area contributed by atoms with Crippen molar-refractivity contribution in [2.75, 3.05) is 12.1 Å². The maximum Gasteiger partial charge on any atom is 0.282 e. The molecule has 0 N–H and O–H groups in total. The van der Waals surface area contributed by atoms with E-state index in [-0.39, 0.29) is 5.91 Å². The van der Waals surface area contributed by atoms with Gasteiger partial charge in [0, 0.05) is 21.5 Å². The Hall–Kier alpha value is -2.91. The van der Waals surface area contributed by atoms with Crippen molar-refractivity contribution in [2.24, 2.45) is 15.3 Å². The molecule has 1 aromatic heterocycles. The molecule has 0 fully saturated rings. The largest absolute Gasteiger partial charge is 0.497 e. The Morgan fingerprint density at radius 2 is 2.00 bits per heavy atom. The lowest BCUT2D eigenvalue weighted by atomic mass is 10.2. The monoisotopic (exact) mass is 469 g/mol. The summed E-state index contributed by atoms with van der Waals surface area (Å²) >= 11 is 4.78. The van der Waals surface area contributed by atoms with E-state index in [2.05, 4.69) is 36.2 Å². The highest BCUT2D eigenvalue weighted by Crippen LogP contribution is 2.31. The first-order valence-corrected chi connectivity index (χ1v) is 10.4. The number of ether oxygens (including phenoxy) is 1. The Kier molecular flexibility index (Phi) is 5.50. The van der Waals surface area contributed by atoms with Gasteiger partial charge in [-0.1, -0.05) is 34.1 Å². The first kappa shape index (κ1) is 19.4. The molecule has 1 amide bonds. The molecular weight excluding hydrogens is 454 g/mol. The lowest BCUT2D eigenvalue weighted by Gasteiger charge is -2.08. The number of hydrogen-bond acceptors (Lipinski definition) is 7. The van der Waals surface area contributed by atoms with E-state index in [1.807, 2.05) is 41.8 Å². The normalized spacial score (nSPS) is 16.5. The fourth-order valence-electron chi connectivity index (χ4n) is 2.74. The number of carbonyl (C=O) groups excluding carboxylic acids is 1. The van der Waals surface area contributed by atoms with Crippen LogP contribution in [0.2, 0.25) is 0 Å². The predicted molar refractivity (Wildman–Crippen MR) is 117 cm³/mol. The number of amides is 1. The smallest absolute Gasteiger partial charge is 0.282 e. The summed E-state index contributed by atoms with van der Waals surface area (Å²) in [5, 5.41) is 16.4. The van der Waals surface area contributed by atoms with E-state index >= 15 is 0 Å². The lowest BCUT2D eigenvalue weighted by molar-refractivity contribution is -0.117. The number of carbonyl (C=O) groups is 1. The number of hydrazone groups is 1. The van der Waals surface area contributed by atoms with Crippen LogP contribution in [0, 0.1) is 0 Å². The van der Waals surface area contributed by atoms with Crippen molar-refractivity contribution in [2.45, 2.75) is 13.0 Å². The van der Waals surface area contributed by atoms with Crippen LogP contribution in [0.4, 0.5) is 10.8 Å². The zero-order valence-corrected chi connectivity index (χ0v) is 18.0. The van der Waals surface area contributed by atoms with E-state index in [1.165, 1.54) is 16.3 Å². The van der Waals surface area contributed by atoms with Crippen LogP contribution in [0.5, 0.6) is 5.75 Å². The predicted octanol–water partition coefficient (Wildman–Crippen LogP) is 5.46. The third kappa shape index (κ3) is 4.10. The Morgan fingerprint density at radius 3 is 2.76 bits per heavy atom. The zero-order chi connectivity index (χ0) is 20.4. The Morgan fingerprint density at radius 1 is 1.21 bits per heavy atom. The highest BCUT2D eigenvalue weighted by Gasteiger charge is 2.36. The Labute approximate surface area is 179 Å². The third-order valence-corrected chi connectivity index (χ3v) is 5.60. The molecule has 2 aromatic carbocycles. The highest BCUT2D eigenvalue weighted by molar-refractivity contribution is 9.10. The van der Waals surface area contributed by atoms with Crippen LogP contribution < -0.4 is 9.75 Å². The Bertz CT molecular complexity index is 1110. The highest BCUT2D eigenvalue weighted by atomic mass is 79.9. The first-order valence-electron chi connectivity index (χ1n) is 8.70. The number of rotatable bonds is 5. The van der Waals surface area contributed by atoms with Crippen LogP contribution >= 0.6 is 27.3 Å². The third-order valence-electron chi connectivity index (χ3n) is 4.25. The van der Waals surface area contributed by atoms with Crippen molar-refractivity contribution in [1.82, 2.24) is 4.98 Å². The fourth-order valence-corrected chi connectivity index (χ4v) is 3.79. The van der Waals surface area contributed by atoms with E-state index < -0.39 is 6.04 Å². The standard InChI is InChI=1S/C20H16BrN5O2S/c1-12-18(24-23-15-4-3-5-16(10-15)28-2)19(27)26(25-12)20-22-17(11-29-20)13-6-8-14(21)9-7-13/h3-11,18H,1-2H3. The number of azo groups is 1. The molecule has 1 atom stereocenters. The summed E-state index contributed by atoms with van der Waals surface area (Å²) in [6.07, 6.45) is 0. The van der Waals surface area contributed by atoms with Crippen molar-refractivity contribution in [3.05, 3.63) is 58.4 Å². The average molecular weight is 470 g/mol. The molecule has 4 rings (SSSR count). The summed E-state index contributed by atoms with van der Waals surface area (Å²) in [6, 6.07) is 14.2. The topological polar surface area (TPSA) is 79.5 Å². The maximum atomic E-state index is 12.8. The molecule has 146 valence electrons. The van der Waals surface area contributed by atoms with Crippen LogP contribution in [-0.4, -0.2) is 29.8 Å². The summed E-state index contributed by atoms with van der Waals surface area (Å²) in [4.78, 5) is 17.4. The summed E-state index contributed by atoms with van der Waals surface area (Å²) in [7, 11) is 1.59. The molecule has 29 heavy (non-hydrogen) atoms. The average Bonchev–Trinajstić information content (AvgIpc) is 3.32. The number of aromatic nitrogens is 1. The first-order chi connectivity index (χ1) is 14.0. The molecule has 0 saturated heterocycles. The molecule has 1 unspecified atom stereocenters. The van der Waals surface area contributed by atoms with E-state index in [1.54, 1.807) is 26.2 Å². The van der Waals surface area contributed by atoms with Crippen molar-refractivity contribution in [1.29, 1.82) is 0 Å². The van der Waals surface area contributed by atoms with E-state index in [0.717, 1.165) is 15.7 Å². The number of benzene rings is 2. The number of hydrogen-bond donors (Lipinski definition) is 0. The minimum Gasteiger partial charge on any atom is -0.497 e. The summed E-state index contributed by atoms with van der Waals surface area (Å²) < 4.78 is 6.18. The molecule has 7 nitrogen and oxygen atoms in total. The van der Waals surface area contributed by atoms with Gasteiger partial charge in [0.25, 0.3) is 5.91 Å². The second kappa shape index (κ2) is 8.22. The minimum atomic E-state index is -0.763. The van der Waals surface area contributed by atoms with Crippen LogP contribution in [0.15, 0.2) is 73.7 Å². The van der Waals surface area contributed by atoms with Crippen molar-refractivity contribution < 1.29 is 9.53 Å². The minimum absolute atomic E-state index is 0.272. The van der Waals surface area contributed by atoms with Crippen LogP contribution in [0.3, 0.4) is 0 Å². The van der Waals surface area contributed by atoms with E-state index in [4.69, 9.17) is 4.74 Å². The molecule has 3 aromatic rings. The van der Waals surface area contributed by atoms with Gasteiger partial charge in [-0.15, -0.1) is 11.3 Å². The fraction of sp³-hybridized carbons (Fsp3) is 0.150. The van der Waals surface area contributed by atoms with Crippen LogP contribution in [0.25, 0.3) is 11.3 Å². The van der Waals surface area contributed by atoms with Crippen LogP contribution in [-0.2, 0) is 4.79 Å². The number of thiazole rings is 1. The molecule has 0 bridgehead atoms. The van der Waals surface area contributed by atoms with Gasteiger partial charge in [-0.2, -0.15) is 20.3 Å². The van der Waals surface area contributed by atoms with Gasteiger partial charge in [-0.05, 0) is 31.2 Å². The zero-order valence-electron chi connectivity index (χ0n) is 15.6. The van der Waals surface area contributed by atoms with E-state index in [9.17, 15) is 4.79 Å². The lowest BCUT2D eigenvalue weighted by Crippen LogP contribution is -2.29. The van der Waals surface area contributed by atoms with Gasteiger partial charge in [0.1, 0.15) is 5.75 Å². The molecule has 0 spiro atoms. The van der Waals surface area contributed by atoms with Gasteiger partial charge >= 0.3 is 0 Å². The molecule has 2 heterocycles. The second-order valence-corrected chi connectivity index (χ2v) is 7.99. The van der Waals surface area contributed by atoms with Crippen molar-refractivity contribution >= 4 is 49.7 Å². The van der Waals surface area contributed by atoms with Gasteiger partial charge in [-0.3, -0.25) is 4.79 Å². The number of halogens is 1. The molecule has 1 aliphatic heterocycles. The summed E-state index contributed by atoms with van der Waals surface area (Å²) in [5.74, 6) is 0.403. The molecular formula is C20H16BrN5O2S. The van der Waals surface area contributed by atoms with Crippen molar-refractivity contribution in [3.63, 3.8) is 0 Å². The van der Waals surface area contributed by atoms with Gasteiger partial charge in [-0.25, -0.2) is 4.98 Å². The van der Waals surface area contributed by atoms with Gasteiger partial charge in [0.2, 0.25) is 5.13 Å². The van der Waals surface area contributed by atoms with Crippen LogP contribution in [0.1, 0.15) is 6.92 Å². The van der Waals surface area contributed by atoms with Gasteiger partial charge in [0.05, 0.1) is 24.2 Å². The molecule has 0 saturated carbocycles. The molecule has 9 heteroatoms. The van der Waals surface area contributed by atoms with E-state index in [0.29, 0.717) is 22.3 Å². The number of methoxy groups -OCH3 is 1. The SMILES string of the molecule is COc1cccc(N=NC2C(=O)N(c3nc(-c4ccc(Br)cc4)cs3)N=C2C)c1. The number of nitrogens with zero attached hydrogens (tertiary/aromatic N) is 5. The number of anilines is 1. The van der Waals surface area contributed by atoms with Gasteiger partial charge < -0.3 is 4.74 Å². The molecule has 1 aliphatic rings. The van der Waals surface area contributed by atoms with Crippen molar-refractivity contribution in [3.8, 4) is 17.0 Å². The maximum absolute atomic E-state index is 12.8. The van der Waals surface area contributed by atoms with Gasteiger partial charge in [0.15, 0.2) is 6.04 Å².